The maximum absolute atomic E-state index is 15.0. The first-order valence-electron chi connectivity index (χ1n) is 7.75. The number of halogens is 1. The molecule has 0 amide bonds. The van der Waals surface area contributed by atoms with Crippen molar-refractivity contribution in [2.24, 2.45) is 0 Å². The molecule has 2 heterocycles. The van der Waals surface area contributed by atoms with Crippen LogP contribution in [0, 0.1) is 0 Å². The maximum Gasteiger partial charge on any atom is 0.126 e. The molecular weight excluding hydrogens is 241 g/mol. The number of piperazine rings is 1. The second kappa shape index (κ2) is 6.06. The van der Waals surface area contributed by atoms with Gasteiger partial charge in [-0.2, -0.15) is 0 Å². The third-order valence-electron chi connectivity index (χ3n) is 4.88. The van der Waals surface area contributed by atoms with Crippen molar-refractivity contribution in [3.63, 3.8) is 0 Å². The van der Waals surface area contributed by atoms with Crippen molar-refractivity contribution in [2.75, 3.05) is 46.3 Å². The fourth-order valence-corrected chi connectivity index (χ4v) is 3.38. The Labute approximate surface area is 117 Å². The lowest BCUT2D eigenvalue weighted by molar-refractivity contribution is -0.0103. The molecule has 0 aliphatic carbocycles. The van der Waals surface area contributed by atoms with Gasteiger partial charge in [0.1, 0.15) is 5.67 Å². The number of likely N-dealkylation sites (N-methyl/N-ethyl adjacent to an activating group) is 1. The molecule has 112 valence electrons. The van der Waals surface area contributed by atoms with E-state index < -0.39 is 5.67 Å². The molecule has 0 saturated carbocycles. The van der Waals surface area contributed by atoms with Crippen LogP contribution in [-0.4, -0.2) is 78.8 Å². The van der Waals surface area contributed by atoms with Gasteiger partial charge in [-0.25, -0.2) is 4.39 Å². The van der Waals surface area contributed by atoms with Crippen LogP contribution in [0.2, 0.25) is 0 Å². The van der Waals surface area contributed by atoms with E-state index in [1.54, 1.807) is 0 Å². The normalized spacial score (nSPS) is 30.9. The summed E-state index contributed by atoms with van der Waals surface area (Å²) in [4.78, 5) is 7.09. The van der Waals surface area contributed by atoms with Crippen molar-refractivity contribution in [1.82, 2.24) is 14.7 Å². The van der Waals surface area contributed by atoms with Crippen LogP contribution in [0.1, 0.15) is 33.6 Å². The Bertz CT molecular complexity index is 287. The van der Waals surface area contributed by atoms with E-state index in [1.165, 1.54) is 0 Å². The van der Waals surface area contributed by atoms with Crippen LogP contribution in [0.4, 0.5) is 4.39 Å². The first-order valence-corrected chi connectivity index (χ1v) is 7.75. The van der Waals surface area contributed by atoms with Crippen molar-refractivity contribution < 1.29 is 4.39 Å². The van der Waals surface area contributed by atoms with Crippen LogP contribution < -0.4 is 0 Å². The van der Waals surface area contributed by atoms with Gasteiger partial charge in [0.25, 0.3) is 0 Å². The lowest BCUT2D eigenvalue weighted by Crippen LogP contribution is -2.56. The van der Waals surface area contributed by atoms with Crippen molar-refractivity contribution in [3.8, 4) is 0 Å². The molecular formula is C15H30FN3. The molecule has 1 atom stereocenters. The monoisotopic (exact) mass is 271 g/mol. The van der Waals surface area contributed by atoms with E-state index in [0.717, 1.165) is 32.7 Å². The second-order valence-electron chi connectivity index (χ2n) is 6.86. The molecule has 19 heavy (non-hydrogen) atoms. The number of nitrogens with zero attached hydrogens (tertiary/aromatic N) is 3. The third-order valence-corrected chi connectivity index (χ3v) is 4.88. The summed E-state index contributed by atoms with van der Waals surface area (Å²) in [5, 5.41) is 0. The summed E-state index contributed by atoms with van der Waals surface area (Å²) in [7, 11) is 2.15. The summed E-state index contributed by atoms with van der Waals surface area (Å²) >= 11 is 0. The Hall–Kier alpha value is -0.190. The summed E-state index contributed by atoms with van der Waals surface area (Å²) in [6, 6.07) is 1.03. The molecule has 0 spiro atoms. The summed E-state index contributed by atoms with van der Waals surface area (Å²) < 4.78 is 15.0. The molecule has 2 rings (SSSR count). The topological polar surface area (TPSA) is 9.72 Å². The predicted molar refractivity (Wildman–Crippen MR) is 78.3 cm³/mol. The Kier molecular flexibility index (Phi) is 4.85. The fourth-order valence-electron chi connectivity index (χ4n) is 3.38. The summed E-state index contributed by atoms with van der Waals surface area (Å²) in [6.45, 7) is 12.2. The standard InChI is InChI=1S/C15H30FN3/c1-13(2)18-7-5-15(16,6-8-18)12-19-10-9-17(4)11-14(19)3/h13-14H,5-12H2,1-4H3/t14-/m0/s1. The highest BCUT2D eigenvalue weighted by atomic mass is 19.1. The largest absolute Gasteiger partial charge is 0.304 e. The third kappa shape index (κ3) is 3.89. The Morgan fingerprint density at radius 1 is 1.16 bits per heavy atom. The molecule has 0 aromatic heterocycles. The van der Waals surface area contributed by atoms with E-state index >= 15 is 0 Å². The number of rotatable bonds is 3. The minimum Gasteiger partial charge on any atom is -0.304 e. The lowest BCUT2D eigenvalue weighted by atomic mass is 9.91. The SMILES string of the molecule is CC(C)N1CCC(F)(CN2CCN(C)C[C@@H]2C)CC1. The van der Waals surface area contributed by atoms with Crippen LogP contribution in [0.5, 0.6) is 0 Å². The van der Waals surface area contributed by atoms with Crippen molar-refractivity contribution in [2.45, 2.75) is 51.4 Å². The zero-order valence-electron chi connectivity index (χ0n) is 13.0. The van der Waals surface area contributed by atoms with Gasteiger partial charge >= 0.3 is 0 Å². The quantitative estimate of drug-likeness (QED) is 0.775. The van der Waals surface area contributed by atoms with Gasteiger partial charge in [-0.05, 0) is 40.7 Å². The first kappa shape index (κ1) is 15.2. The van der Waals surface area contributed by atoms with E-state index in [-0.39, 0.29) is 0 Å². The number of hydrogen-bond donors (Lipinski definition) is 0. The van der Waals surface area contributed by atoms with Gasteiger partial charge in [-0.3, -0.25) is 4.90 Å². The molecule has 4 heteroatoms. The molecule has 0 N–H and O–H groups in total. The van der Waals surface area contributed by atoms with Gasteiger partial charge in [0.15, 0.2) is 0 Å². The molecule has 0 bridgehead atoms. The van der Waals surface area contributed by atoms with Crippen LogP contribution in [0.25, 0.3) is 0 Å². The van der Waals surface area contributed by atoms with Gasteiger partial charge in [-0.15, -0.1) is 0 Å². The fraction of sp³-hybridized carbons (Fsp3) is 1.00. The van der Waals surface area contributed by atoms with Crippen LogP contribution in [0.3, 0.4) is 0 Å². The average molecular weight is 271 g/mol. The molecule has 0 radical (unpaired) electrons. The Morgan fingerprint density at radius 2 is 1.79 bits per heavy atom. The Balaban J connectivity index is 1.85. The summed E-state index contributed by atoms with van der Waals surface area (Å²) in [5.74, 6) is 0. The summed E-state index contributed by atoms with van der Waals surface area (Å²) in [6.07, 6.45) is 1.40. The van der Waals surface area contributed by atoms with Crippen LogP contribution in [0.15, 0.2) is 0 Å². The lowest BCUT2D eigenvalue weighted by Gasteiger charge is -2.44. The number of piperidine rings is 1. The first-order chi connectivity index (χ1) is 8.89. The van der Waals surface area contributed by atoms with Gasteiger partial charge in [-0.1, -0.05) is 0 Å². The molecule has 0 aromatic carbocycles. The number of likely N-dealkylation sites (tertiary alicyclic amines) is 1. The summed E-state index contributed by atoms with van der Waals surface area (Å²) in [5.41, 5.74) is -0.963. The van der Waals surface area contributed by atoms with E-state index in [4.69, 9.17) is 0 Å². The minimum atomic E-state index is -0.963. The molecule has 0 aromatic rings. The van der Waals surface area contributed by atoms with Gasteiger partial charge < -0.3 is 9.80 Å². The zero-order chi connectivity index (χ0) is 14.0. The zero-order valence-corrected chi connectivity index (χ0v) is 13.0. The molecule has 2 aliphatic heterocycles. The predicted octanol–water partition coefficient (Wildman–Crippen LogP) is 1.83. The maximum atomic E-state index is 15.0. The smallest absolute Gasteiger partial charge is 0.126 e. The van der Waals surface area contributed by atoms with Crippen molar-refractivity contribution in [3.05, 3.63) is 0 Å². The molecule has 2 saturated heterocycles. The molecule has 3 nitrogen and oxygen atoms in total. The van der Waals surface area contributed by atoms with Crippen molar-refractivity contribution >= 4 is 0 Å². The van der Waals surface area contributed by atoms with Crippen LogP contribution >= 0.6 is 0 Å². The Morgan fingerprint density at radius 3 is 2.32 bits per heavy atom. The number of alkyl halides is 1. The highest BCUT2D eigenvalue weighted by molar-refractivity contribution is 4.92. The van der Waals surface area contributed by atoms with E-state index in [2.05, 4.69) is 42.5 Å². The van der Waals surface area contributed by atoms with Crippen LogP contribution in [-0.2, 0) is 0 Å². The van der Waals surface area contributed by atoms with Crippen molar-refractivity contribution in [1.29, 1.82) is 0 Å². The second-order valence-corrected chi connectivity index (χ2v) is 6.86. The molecule has 2 fully saturated rings. The number of hydrogen-bond acceptors (Lipinski definition) is 3. The highest BCUT2D eigenvalue weighted by Crippen LogP contribution is 2.29. The van der Waals surface area contributed by atoms with Gasteiger partial charge in [0.05, 0.1) is 0 Å². The van der Waals surface area contributed by atoms with E-state index in [9.17, 15) is 4.39 Å². The average Bonchev–Trinajstić information content (AvgIpc) is 2.33. The van der Waals surface area contributed by atoms with Gasteiger partial charge in [0, 0.05) is 51.4 Å². The van der Waals surface area contributed by atoms with Gasteiger partial charge in [0.2, 0.25) is 0 Å². The highest BCUT2D eigenvalue weighted by Gasteiger charge is 2.38. The molecule has 2 aliphatic rings. The van der Waals surface area contributed by atoms with E-state index in [0.29, 0.717) is 31.5 Å². The minimum absolute atomic E-state index is 0.481. The van der Waals surface area contributed by atoms with E-state index in [1.807, 2.05) is 0 Å². The molecule has 0 unspecified atom stereocenters.